The van der Waals surface area contributed by atoms with Gasteiger partial charge in [0.1, 0.15) is 0 Å². The van der Waals surface area contributed by atoms with Crippen molar-refractivity contribution in [3.8, 4) is 0 Å². The van der Waals surface area contributed by atoms with Gasteiger partial charge < -0.3 is 9.32 Å². The number of carbonyl (C=O) groups excluding carboxylic acids is 1. The number of carbonyl (C=O) groups is 1. The number of sulfonamides is 1. The summed E-state index contributed by atoms with van der Waals surface area (Å²) in [6.45, 7) is 3.13. The third kappa shape index (κ3) is 4.12. The number of hydrogen-bond acceptors (Lipinski definition) is 4. The minimum Gasteiger partial charge on any atom is -0.459 e. The van der Waals surface area contributed by atoms with Crippen LogP contribution >= 0.6 is 0 Å². The van der Waals surface area contributed by atoms with Crippen molar-refractivity contribution >= 4 is 15.9 Å². The van der Waals surface area contributed by atoms with Crippen molar-refractivity contribution in [3.63, 3.8) is 0 Å². The van der Waals surface area contributed by atoms with Crippen LogP contribution in [0.4, 0.5) is 0 Å². The van der Waals surface area contributed by atoms with Crippen LogP contribution in [0.15, 0.2) is 45.9 Å². The minimum atomic E-state index is -3.55. The van der Waals surface area contributed by atoms with Crippen LogP contribution in [0.5, 0.6) is 0 Å². The van der Waals surface area contributed by atoms with E-state index in [1.54, 1.807) is 23.1 Å². The van der Waals surface area contributed by atoms with Gasteiger partial charge in [0.25, 0.3) is 5.91 Å². The van der Waals surface area contributed by atoms with Gasteiger partial charge in [0.05, 0.1) is 11.2 Å². The van der Waals surface area contributed by atoms with Crippen LogP contribution < -0.4 is 0 Å². The Balaban J connectivity index is 1.41. The van der Waals surface area contributed by atoms with Gasteiger partial charge in [-0.1, -0.05) is 31.4 Å². The van der Waals surface area contributed by atoms with Gasteiger partial charge >= 0.3 is 0 Å². The highest BCUT2D eigenvalue weighted by atomic mass is 32.2. The lowest BCUT2D eigenvalue weighted by Crippen LogP contribution is -2.50. The molecule has 0 spiro atoms. The number of hydrogen-bond donors (Lipinski definition) is 0. The quantitative estimate of drug-likeness (QED) is 0.760. The van der Waals surface area contributed by atoms with Gasteiger partial charge in [0.15, 0.2) is 5.76 Å². The van der Waals surface area contributed by atoms with E-state index in [2.05, 4.69) is 0 Å². The average molecular weight is 417 g/mol. The lowest BCUT2D eigenvalue weighted by molar-refractivity contribution is 0.0665. The first-order chi connectivity index (χ1) is 14.0. The second kappa shape index (κ2) is 8.32. The molecular weight excluding hydrogens is 388 g/mol. The first kappa shape index (κ1) is 20.2. The zero-order valence-corrected chi connectivity index (χ0v) is 17.7. The number of benzene rings is 1. The summed E-state index contributed by atoms with van der Waals surface area (Å²) < 4.78 is 32.8. The van der Waals surface area contributed by atoms with E-state index in [9.17, 15) is 13.2 Å². The van der Waals surface area contributed by atoms with Crippen LogP contribution in [0.25, 0.3) is 0 Å². The van der Waals surface area contributed by atoms with Gasteiger partial charge in [-0.05, 0) is 49.4 Å². The molecule has 1 amide bonds. The summed E-state index contributed by atoms with van der Waals surface area (Å²) in [5.74, 6) is 0.709. The Labute approximate surface area is 172 Å². The molecule has 4 rings (SSSR count). The van der Waals surface area contributed by atoms with E-state index in [0.29, 0.717) is 29.7 Å². The summed E-state index contributed by atoms with van der Waals surface area (Å²) >= 11 is 0. The molecule has 0 unspecified atom stereocenters. The predicted molar refractivity (Wildman–Crippen MR) is 110 cm³/mol. The van der Waals surface area contributed by atoms with Gasteiger partial charge in [-0.25, -0.2) is 8.42 Å². The van der Waals surface area contributed by atoms with Gasteiger partial charge in [-0.15, -0.1) is 0 Å². The van der Waals surface area contributed by atoms with Gasteiger partial charge in [0.2, 0.25) is 10.0 Å². The normalized spacial score (nSPS) is 19.4. The first-order valence-corrected chi connectivity index (χ1v) is 11.8. The number of piperazine rings is 1. The summed E-state index contributed by atoms with van der Waals surface area (Å²) in [6.07, 6.45) is 7.70. The smallest absolute Gasteiger partial charge is 0.289 e. The number of aryl methyl sites for hydroxylation is 1. The molecule has 2 aliphatic rings. The highest BCUT2D eigenvalue weighted by Gasteiger charge is 2.31. The fraction of sp³-hybridized carbons (Fsp3) is 0.500. The summed E-state index contributed by atoms with van der Waals surface area (Å²) in [6, 6.07) is 9.18. The highest BCUT2D eigenvalue weighted by molar-refractivity contribution is 7.89. The maximum atomic E-state index is 13.0. The van der Waals surface area contributed by atoms with Crippen LogP contribution in [0, 0.1) is 6.92 Å². The van der Waals surface area contributed by atoms with Crippen molar-refractivity contribution in [1.82, 2.24) is 9.21 Å². The predicted octanol–water partition coefficient (Wildman–Crippen LogP) is 3.78. The third-order valence-electron chi connectivity index (χ3n) is 6.18. The van der Waals surface area contributed by atoms with E-state index >= 15 is 0 Å². The molecule has 1 aliphatic carbocycles. The standard InChI is InChI=1S/C22H28N2O4S/c1-17-11-16-28-21(17)22(25)23-12-14-24(15-13-23)29(26,27)20-9-7-19(8-10-20)18-5-3-2-4-6-18/h7-11,16,18H,2-6,12-15H2,1H3. The van der Waals surface area contributed by atoms with Crippen molar-refractivity contribution in [2.24, 2.45) is 0 Å². The molecule has 1 aromatic carbocycles. The summed E-state index contributed by atoms with van der Waals surface area (Å²) in [4.78, 5) is 14.5. The molecule has 6 nitrogen and oxygen atoms in total. The Bertz CT molecular complexity index is 951. The van der Waals surface area contributed by atoms with Crippen LogP contribution in [-0.4, -0.2) is 49.7 Å². The molecule has 2 heterocycles. The minimum absolute atomic E-state index is 0.179. The summed E-state index contributed by atoms with van der Waals surface area (Å²) in [7, 11) is -3.55. The SMILES string of the molecule is Cc1ccoc1C(=O)N1CCN(S(=O)(=O)c2ccc(C3CCCCC3)cc2)CC1. The monoisotopic (exact) mass is 416 g/mol. The van der Waals surface area contributed by atoms with Crippen molar-refractivity contribution in [3.05, 3.63) is 53.5 Å². The third-order valence-corrected chi connectivity index (χ3v) is 8.09. The Morgan fingerprint density at radius 1 is 0.966 bits per heavy atom. The number of nitrogens with zero attached hydrogens (tertiary/aromatic N) is 2. The van der Waals surface area contributed by atoms with Crippen LogP contribution in [-0.2, 0) is 10.0 Å². The molecule has 1 aromatic heterocycles. The zero-order chi connectivity index (χ0) is 20.4. The Kier molecular flexibility index (Phi) is 5.79. The molecule has 0 atom stereocenters. The number of amides is 1. The molecule has 0 N–H and O–H groups in total. The Morgan fingerprint density at radius 2 is 1.62 bits per heavy atom. The van der Waals surface area contributed by atoms with E-state index < -0.39 is 10.0 Å². The summed E-state index contributed by atoms with van der Waals surface area (Å²) in [5.41, 5.74) is 2.04. The maximum absolute atomic E-state index is 13.0. The molecule has 1 aliphatic heterocycles. The van der Waals surface area contributed by atoms with E-state index in [-0.39, 0.29) is 19.0 Å². The van der Waals surface area contributed by atoms with E-state index in [0.717, 1.165) is 5.56 Å². The van der Waals surface area contributed by atoms with Gasteiger partial charge in [-0.3, -0.25) is 4.79 Å². The van der Waals surface area contributed by atoms with Crippen molar-refractivity contribution in [2.75, 3.05) is 26.2 Å². The molecule has 2 fully saturated rings. The molecule has 2 aromatic rings. The van der Waals surface area contributed by atoms with Gasteiger partial charge in [0, 0.05) is 31.7 Å². The first-order valence-electron chi connectivity index (χ1n) is 10.4. The largest absolute Gasteiger partial charge is 0.459 e. The zero-order valence-electron chi connectivity index (χ0n) is 16.8. The maximum Gasteiger partial charge on any atom is 0.289 e. The number of rotatable bonds is 4. The topological polar surface area (TPSA) is 70.8 Å². The van der Waals surface area contributed by atoms with Crippen LogP contribution in [0.2, 0.25) is 0 Å². The Morgan fingerprint density at radius 3 is 2.21 bits per heavy atom. The molecule has 7 heteroatoms. The lowest BCUT2D eigenvalue weighted by Gasteiger charge is -2.33. The van der Waals surface area contributed by atoms with E-state index in [1.165, 1.54) is 48.2 Å². The second-order valence-electron chi connectivity index (χ2n) is 8.03. The van der Waals surface area contributed by atoms with Crippen molar-refractivity contribution in [1.29, 1.82) is 0 Å². The molecular formula is C22H28N2O4S. The van der Waals surface area contributed by atoms with Crippen LogP contribution in [0.3, 0.4) is 0 Å². The molecule has 29 heavy (non-hydrogen) atoms. The highest BCUT2D eigenvalue weighted by Crippen LogP contribution is 2.33. The fourth-order valence-corrected chi connectivity index (χ4v) is 5.79. The van der Waals surface area contributed by atoms with Crippen LogP contribution in [0.1, 0.15) is 59.7 Å². The lowest BCUT2D eigenvalue weighted by atomic mass is 9.84. The average Bonchev–Trinajstić information content (AvgIpc) is 3.20. The van der Waals surface area contributed by atoms with E-state index in [1.807, 2.05) is 19.1 Å². The fourth-order valence-electron chi connectivity index (χ4n) is 4.36. The van der Waals surface area contributed by atoms with Crippen molar-refractivity contribution < 1.29 is 17.6 Å². The summed E-state index contributed by atoms with van der Waals surface area (Å²) in [5, 5.41) is 0. The second-order valence-corrected chi connectivity index (χ2v) is 9.97. The molecule has 156 valence electrons. The number of furan rings is 1. The van der Waals surface area contributed by atoms with Gasteiger partial charge in [-0.2, -0.15) is 4.31 Å². The molecule has 1 saturated heterocycles. The van der Waals surface area contributed by atoms with Crippen molar-refractivity contribution in [2.45, 2.75) is 49.8 Å². The molecule has 1 saturated carbocycles. The van der Waals surface area contributed by atoms with E-state index in [4.69, 9.17) is 4.42 Å². The molecule has 0 radical (unpaired) electrons. The molecule has 0 bridgehead atoms. The Hall–Kier alpha value is -2.12.